The molecule has 2 rings (SSSR count). The van der Waals surface area contributed by atoms with Gasteiger partial charge in [-0.3, -0.25) is 9.59 Å². The molecule has 0 radical (unpaired) electrons. The second-order valence-corrected chi connectivity index (χ2v) is 4.59. The second-order valence-electron chi connectivity index (χ2n) is 4.59. The van der Waals surface area contributed by atoms with E-state index in [1.54, 1.807) is 0 Å². The van der Waals surface area contributed by atoms with Gasteiger partial charge in [-0.15, -0.1) is 12.4 Å². The van der Waals surface area contributed by atoms with Gasteiger partial charge in [-0.1, -0.05) is 0 Å². The predicted molar refractivity (Wildman–Crippen MR) is 67.0 cm³/mol. The molecule has 2 aliphatic heterocycles. The molecule has 0 bridgehead atoms. The van der Waals surface area contributed by atoms with E-state index < -0.39 is 0 Å². The molecule has 0 spiro atoms. The predicted octanol–water partition coefficient (Wildman–Crippen LogP) is -0.197. The third kappa shape index (κ3) is 4.16. The lowest BCUT2D eigenvalue weighted by atomic mass is 9.97. The summed E-state index contributed by atoms with van der Waals surface area (Å²) < 4.78 is 0. The van der Waals surface area contributed by atoms with Gasteiger partial charge in [0.2, 0.25) is 11.8 Å². The average Bonchev–Trinajstić information content (AvgIpc) is 2.31. The number of amides is 2. The van der Waals surface area contributed by atoms with Gasteiger partial charge in [0, 0.05) is 25.6 Å². The van der Waals surface area contributed by atoms with Crippen LogP contribution in [0, 0.1) is 5.92 Å². The molecule has 0 aromatic rings. The van der Waals surface area contributed by atoms with E-state index in [-0.39, 0.29) is 36.2 Å². The first-order valence-corrected chi connectivity index (χ1v) is 6.03. The summed E-state index contributed by atoms with van der Waals surface area (Å²) in [6, 6.07) is 0.263. The molecule has 0 aliphatic carbocycles. The van der Waals surface area contributed by atoms with Gasteiger partial charge in [-0.2, -0.15) is 0 Å². The van der Waals surface area contributed by atoms with E-state index in [1.165, 1.54) is 0 Å². The van der Waals surface area contributed by atoms with Crippen molar-refractivity contribution in [2.45, 2.75) is 31.7 Å². The molecule has 2 unspecified atom stereocenters. The van der Waals surface area contributed by atoms with Crippen molar-refractivity contribution in [3.8, 4) is 0 Å². The number of nitrogens with one attached hydrogen (secondary N) is 3. The molecular formula is C11H20ClN3O2. The van der Waals surface area contributed by atoms with Gasteiger partial charge in [-0.05, 0) is 25.8 Å². The highest BCUT2D eigenvalue weighted by Gasteiger charge is 2.26. The Labute approximate surface area is 108 Å². The first-order valence-electron chi connectivity index (χ1n) is 6.03. The van der Waals surface area contributed by atoms with Gasteiger partial charge in [0.15, 0.2) is 0 Å². The van der Waals surface area contributed by atoms with Crippen LogP contribution in [-0.4, -0.2) is 37.5 Å². The molecule has 0 aromatic heterocycles. The number of carbonyl (C=O) groups excluding carboxylic acids is 2. The van der Waals surface area contributed by atoms with Crippen LogP contribution in [0.2, 0.25) is 0 Å². The Morgan fingerprint density at radius 2 is 2.12 bits per heavy atom. The molecule has 6 heteroatoms. The summed E-state index contributed by atoms with van der Waals surface area (Å²) >= 11 is 0. The highest BCUT2D eigenvalue weighted by Crippen LogP contribution is 2.12. The molecule has 2 fully saturated rings. The van der Waals surface area contributed by atoms with Crippen LogP contribution in [0.25, 0.3) is 0 Å². The molecule has 5 nitrogen and oxygen atoms in total. The van der Waals surface area contributed by atoms with Crippen molar-refractivity contribution in [2.75, 3.05) is 19.6 Å². The summed E-state index contributed by atoms with van der Waals surface area (Å²) in [7, 11) is 0. The van der Waals surface area contributed by atoms with Crippen LogP contribution in [0.4, 0.5) is 0 Å². The summed E-state index contributed by atoms with van der Waals surface area (Å²) in [6.07, 6.45) is 3.32. The van der Waals surface area contributed by atoms with Gasteiger partial charge in [0.1, 0.15) is 0 Å². The average molecular weight is 262 g/mol. The molecule has 2 heterocycles. The normalized spacial score (nSPS) is 28.8. The van der Waals surface area contributed by atoms with E-state index in [9.17, 15) is 9.59 Å². The van der Waals surface area contributed by atoms with Gasteiger partial charge in [-0.25, -0.2) is 0 Å². The van der Waals surface area contributed by atoms with E-state index >= 15 is 0 Å². The lowest BCUT2D eigenvalue weighted by Gasteiger charge is -2.27. The molecule has 0 aromatic carbocycles. The number of piperidine rings is 2. The van der Waals surface area contributed by atoms with Crippen LogP contribution in [0.3, 0.4) is 0 Å². The van der Waals surface area contributed by atoms with Crippen molar-refractivity contribution in [3.05, 3.63) is 0 Å². The summed E-state index contributed by atoms with van der Waals surface area (Å²) in [4.78, 5) is 22.9. The second kappa shape index (κ2) is 6.81. The van der Waals surface area contributed by atoms with Gasteiger partial charge in [0.25, 0.3) is 0 Å². The maximum atomic E-state index is 11.9. The summed E-state index contributed by atoms with van der Waals surface area (Å²) in [5.74, 6) is 0.108. The van der Waals surface area contributed by atoms with Crippen LogP contribution >= 0.6 is 12.4 Å². The highest BCUT2D eigenvalue weighted by atomic mass is 35.5. The zero-order chi connectivity index (χ0) is 11.4. The maximum absolute atomic E-state index is 11.9. The van der Waals surface area contributed by atoms with Crippen LogP contribution < -0.4 is 16.0 Å². The third-order valence-electron chi connectivity index (χ3n) is 3.28. The quantitative estimate of drug-likeness (QED) is 0.645. The molecule has 2 amide bonds. The van der Waals surface area contributed by atoms with Crippen LogP contribution in [0.15, 0.2) is 0 Å². The molecule has 98 valence electrons. The fourth-order valence-corrected chi connectivity index (χ4v) is 2.25. The molecule has 17 heavy (non-hydrogen) atoms. The van der Waals surface area contributed by atoms with Crippen molar-refractivity contribution in [1.82, 2.24) is 16.0 Å². The van der Waals surface area contributed by atoms with Crippen molar-refractivity contribution in [3.63, 3.8) is 0 Å². The van der Waals surface area contributed by atoms with E-state index in [2.05, 4.69) is 16.0 Å². The Balaban J connectivity index is 0.00000144. The van der Waals surface area contributed by atoms with Crippen molar-refractivity contribution in [2.24, 2.45) is 5.92 Å². The number of hydrogen-bond donors (Lipinski definition) is 3. The Hall–Kier alpha value is -0.810. The van der Waals surface area contributed by atoms with Gasteiger partial charge in [0.05, 0.1) is 5.92 Å². The first kappa shape index (κ1) is 14.3. The minimum atomic E-state index is -0.0420. The smallest absolute Gasteiger partial charge is 0.225 e. The molecule has 2 saturated heterocycles. The molecule has 2 atom stereocenters. The number of hydrogen-bond acceptors (Lipinski definition) is 3. The van der Waals surface area contributed by atoms with Gasteiger partial charge < -0.3 is 16.0 Å². The Kier molecular flexibility index (Phi) is 5.71. The molecule has 3 N–H and O–H groups in total. The fourth-order valence-electron chi connectivity index (χ4n) is 2.25. The van der Waals surface area contributed by atoms with E-state index in [0.29, 0.717) is 19.4 Å². The Bertz CT molecular complexity index is 270. The minimum absolute atomic E-state index is 0. The maximum Gasteiger partial charge on any atom is 0.225 e. The Morgan fingerprint density at radius 1 is 1.29 bits per heavy atom. The zero-order valence-electron chi connectivity index (χ0n) is 9.83. The summed E-state index contributed by atoms with van der Waals surface area (Å²) in [5.41, 5.74) is 0. The first-order chi connectivity index (χ1) is 7.75. The van der Waals surface area contributed by atoms with Crippen LogP contribution in [0.1, 0.15) is 25.7 Å². The molecule has 0 saturated carbocycles. The number of rotatable bonds is 2. The van der Waals surface area contributed by atoms with E-state index in [4.69, 9.17) is 0 Å². The van der Waals surface area contributed by atoms with E-state index in [0.717, 1.165) is 25.9 Å². The summed E-state index contributed by atoms with van der Waals surface area (Å²) in [6.45, 7) is 2.40. The third-order valence-corrected chi connectivity index (χ3v) is 3.28. The topological polar surface area (TPSA) is 70.2 Å². The number of carbonyl (C=O) groups is 2. The monoisotopic (exact) mass is 261 g/mol. The minimum Gasteiger partial charge on any atom is -0.355 e. The largest absolute Gasteiger partial charge is 0.355 e. The van der Waals surface area contributed by atoms with Crippen molar-refractivity contribution in [1.29, 1.82) is 0 Å². The number of halogens is 1. The fraction of sp³-hybridized carbons (Fsp3) is 0.818. The lowest BCUT2D eigenvalue weighted by Crippen LogP contribution is -2.50. The molecule has 2 aliphatic rings. The zero-order valence-corrected chi connectivity index (χ0v) is 10.6. The van der Waals surface area contributed by atoms with Crippen LogP contribution in [-0.2, 0) is 9.59 Å². The van der Waals surface area contributed by atoms with Gasteiger partial charge >= 0.3 is 0 Å². The van der Waals surface area contributed by atoms with Crippen molar-refractivity contribution >= 4 is 24.2 Å². The Morgan fingerprint density at radius 3 is 2.71 bits per heavy atom. The highest BCUT2D eigenvalue weighted by molar-refractivity contribution is 5.85. The summed E-state index contributed by atoms with van der Waals surface area (Å²) in [5, 5.41) is 9.05. The standard InChI is InChI=1S/C11H19N3O2.ClH/c15-10-4-3-8(6-13-10)11(16)14-9-2-1-5-12-7-9;/h8-9,12H,1-7H2,(H,13,15)(H,14,16);1H. The van der Waals surface area contributed by atoms with Crippen LogP contribution in [0.5, 0.6) is 0 Å². The van der Waals surface area contributed by atoms with E-state index in [1.807, 2.05) is 0 Å². The van der Waals surface area contributed by atoms with Crippen molar-refractivity contribution < 1.29 is 9.59 Å². The lowest BCUT2D eigenvalue weighted by molar-refractivity contribution is -0.129. The molecular weight excluding hydrogens is 242 g/mol. The SMILES string of the molecule is Cl.O=C1CCC(C(=O)NC2CCCNC2)CN1.